The van der Waals surface area contributed by atoms with Gasteiger partial charge in [-0.3, -0.25) is 4.79 Å². The van der Waals surface area contributed by atoms with Crippen LogP contribution in [0.1, 0.15) is 50.2 Å². The SMILES string of the molecule is CCC(OC1CCCC1)C(=O)Nc1cc(CN)cc(C(F)(F)F)c1. The molecular formula is C17H23F3N2O2. The minimum atomic E-state index is -4.49. The van der Waals surface area contributed by atoms with E-state index >= 15 is 0 Å². The molecule has 1 amide bonds. The fraction of sp³-hybridized carbons (Fsp3) is 0.588. The number of hydrogen-bond donors (Lipinski definition) is 2. The second-order valence-corrected chi connectivity index (χ2v) is 6.05. The Kier molecular flexibility index (Phi) is 6.23. The van der Waals surface area contributed by atoms with Crippen molar-refractivity contribution >= 4 is 11.6 Å². The summed E-state index contributed by atoms with van der Waals surface area (Å²) in [6, 6.07) is 3.36. The van der Waals surface area contributed by atoms with Crippen LogP contribution in [0.25, 0.3) is 0 Å². The molecule has 1 saturated carbocycles. The standard InChI is InChI=1S/C17H23F3N2O2/c1-2-15(24-14-5-3-4-6-14)16(23)22-13-8-11(10-21)7-12(9-13)17(18,19)20/h7-9,14-15H,2-6,10,21H2,1H3,(H,22,23). The van der Waals surface area contributed by atoms with Crippen LogP contribution in [-0.4, -0.2) is 18.1 Å². The van der Waals surface area contributed by atoms with Crippen molar-refractivity contribution in [3.8, 4) is 0 Å². The fourth-order valence-corrected chi connectivity index (χ4v) is 2.87. The highest BCUT2D eigenvalue weighted by Gasteiger charge is 2.31. The first-order chi connectivity index (χ1) is 11.3. The lowest BCUT2D eigenvalue weighted by Crippen LogP contribution is -2.33. The maximum Gasteiger partial charge on any atom is 0.416 e. The second kappa shape index (κ2) is 7.98. The van der Waals surface area contributed by atoms with E-state index in [-0.39, 0.29) is 18.3 Å². The number of nitrogens with two attached hydrogens (primary N) is 1. The molecule has 1 aromatic carbocycles. The van der Waals surface area contributed by atoms with Gasteiger partial charge in [0.1, 0.15) is 6.10 Å². The molecule has 4 nitrogen and oxygen atoms in total. The molecule has 1 unspecified atom stereocenters. The van der Waals surface area contributed by atoms with Crippen molar-refractivity contribution in [2.75, 3.05) is 5.32 Å². The van der Waals surface area contributed by atoms with Crippen LogP contribution in [-0.2, 0) is 22.3 Å². The van der Waals surface area contributed by atoms with Crippen LogP contribution in [0.3, 0.4) is 0 Å². The number of hydrogen-bond acceptors (Lipinski definition) is 3. The van der Waals surface area contributed by atoms with Crippen LogP contribution in [0.2, 0.25) is 0 Å². The van der Waals surface area contributed by atoms with Crippen LogP contribution < -0.4 is 11.1 Å². The zero-order chi connectivity index (χ0) is 17.7. The molecule has 0 aliphatic heterocycles. The van der Waals surface area contributed by atoms with Gasteiger partial charge in [0.15, 0.2) is 0 Å². The monoisotopic (exact) mass is 344 g/mol. The predicted octanol–water partition coefficient (Wildman–Crippen LogP) is 3.84. The van der Waals surface area contributed by atoms with E-state index in [2.05, 4.69) is 5.32 Å². The zero-order valence-electron chi connectivity index (χ0n) is 13.7. The smallest absolute Gasteiger partial charge is 0.365 e. The van der Waals surface area contributed by atoms with Gasteiger partial charge in [-0.05, 0) is 43.0 Å². The summed E-state index contributed by atoms with van der Waals surface area (Å²) in [6.45, 7) is 1.78. The summed E-state index contributed by atoms with van der Waals surface area (Å²) >= 11 is 0. The summed E-state index contributed by atoms with van der Waals surface area (Å²) in [5.41, 5.74) is 5.02. The Balaban J connectivity index is 2.11. The molecule has 0 radical (unpaired) electrons. The van der Waals surface area contributed by atoms with Gasteiger partial charge in [-0.25, -0.2) is 0 Å². The molecule has 7 heteroatoms. The van der Waals surface area contributed by atoms with Gasteiger partial charge >= 0.3 is 6.18 Å². The van der Waals surface area contributed by atoms with Gasteiger partial charge < -0.3 is 15.8 Å². The van der Waals surface area contributed by atoms with Gasteiger partial charge in [-0.2, -0.15) is 13.2 Å². The highest BCUT2D eigenvalue weighted by atomic mass is 19.4. The number of carbonyl (C=O) groups is 1. The molecule has 0 spiro atoms. The van der Waals surface area contributed by atoms with Crippen molar-refractivity contribution in [3.05, 3.63) is 29.3 Å². The summed E-state index contributed by atoms with van der Waals surface area (Å²) in [5, 5.41) is 2.53. The lowest BCUT2D eigenvalue weighted by molar-refractivity contribution is -0.137. The number of rotatable bonds is 6. The molecule has 0 saturated heterocycles. The van der Waals surface area contributed by atoms with E-state index in [1.165, 1.54) is 6.07 Å². The van der Waals surface area contributed by atoms with Crippen molar-refractivity contribution in [2.24, 2.45) is 5.73 Å². The first-order valence-electron chi connectivity index (χ1n) is 8.21. The lowest BCUT2D eigenvalue weighted by atomic mass is 10.1. The van der Waals surface area contributed by atoms with E-state index in [1.54, 1.807) is 0 Å². The number of halogens is 3. The van der Waals surface area contributed by atoms with Gasteiger partial charge in [0.2, 0.25) is 0 Å². The maximum atomic E-state index is 12.9. The Hall–Kier alpha value is -1.60. The van der Waals surface area contributed by atoms with Crippen molar-refractivity contribution in [1.29, 1.82) is 0 Å². The summed E-state index contributed by atoms with van der Waals surface area (Å²) in [6.07, 6.45) is -0.632. The zero-order valence-corrected chi connectivity index (χ0v) is 13.7. The van der Waals surface area contributed by atoms with E-state index in [9.17, 15) is 18.0 Å². The number of ether oxygens (including phenoxy) is 1. The van der Waals surface area contributed by atoms with Gasteiger partial charge in [0.05, 0.1) is 11.7 Å². The molecular weight excluding hydrogens is 321 g/mol. The van der Waals surface area contributed by atoms with Crippen LogP contribution in [0, 0.1) is 0 Å². The number of anilines is 1. The van der Waals surface area contributed by atoms with E-state index in [1.807, 2.05) is 6.92 Å². The largest absolute Gasteiger partial charge is 0.416 e. The summed E-state index contributed by atoms with van der Waals surface area (Å²) in [4.78, 5) is 12.3. The van der Waals surface area contributed by atoms with Gasteiger partial charge in [-0.1, -0.05) is 19.8 Å². The molecule has 1 aromatic rings. The van der Waals surface area contributed by atoms with Gasteiger partial charge in [0, 0.05) is 12.2 Å². The van der Waals surface area contributed by atoms with E-state index in [0.717, 1.165) is 37.8 Å². The average molecular weight is 344 g/mol. The lowest BCUT2D eigenvalue weighted by Gasteiger charge is -2.21. The molecule has 2 rings (SSSR count). The molecule has 0 aromatic heterocycles. The van der Waals surface area contributed by atoms with E-state index < -0.39 is 23.8 Å². The third kappa shape index (κ3) is 4.95. The number of nitrogens with one attached hydrogen (secondary N) is 1. The number of alkyl halides is 3. The van der Waals surface area contributed by atoms with Crippen LogP contribution in [0.15, 0.2) is 18.2 Å². The second-order valence-electron chi connectivity index (χ2n) is 6.05. The minimum absolute atomic E-state index is 0.0391. The van der Waals surface area contributed by atoms with Crippen molar-refractivity contribution in [1.82, 2.24) is 0 Å². The molecule has 0 heterocycles. The quantitative estimate of drug-likeness (QED) is 0.824. The predicted molar refractivity (Wildman–Crippen MR) is 85.4 cm³/mol. The highest BCUT2D eigenvalue weighted by molar-refractivity contribution is 5.94. The Labute approximate surface area is 139 Å². The molecule has 1 atom stereocenters. The van der Waals surface area contributed by atoms with Crippen LogP contribution in [0.5, 0.6) is 0 Å². The van der Waals surface area contributed by atoms with Gasteiger partial charge in [-0.15, -0.1) is 0 Å². The number of carbonyl (C=O) groups excluding carboxylic acids is 1. The number of amides is 1. The van der Waals surface area contributed by atoms with Crippen LogP contribution >= 0.6 is 0 Å². The topological polar surface area (TPSA) is 64.3 Å². The summed E-state index contributed by atoms with van der Waals surface area (Å²) in [5.74, 6) is -0.424. The third-order valence-electron chi connectivity index (χ3n) is 4.15. The highest BCUT2D eigenvalue weighted by Crippen LogP contribution is 2.32. The molecule has 24 heavy (non-hydrogen) atoms. The molecule has 3 N–H and O–H groups in total. The molecule has 1 aliphatic rings. The third-order valence-corrected chi connectivity index (χ3v) is 4.15. The molecule has 0 bridgehead atoms. The first kappa shape index (κ1) is 18.7. The Bertz CT molecular complexity index is 569. The fourth-order valence-electron chi connectivity index (χ4n) is 2.87. The van der Waals surface area contributed by atoms with Crippen molar-refractivity contribution < 1.29 is 22.7 Å². The Morgan fingerprint density at radius 3 is 2.54 bits per heavy atom. The van der Waals surface area contributed by atoms with Crippen molar-refractivity contribution in [3.63, 3.8) is 0 Å². The van der Waals surface area contributed by atoms with E-state index in [4.69, 9.17) is 10.5 Å². The van der Waals surface area contributed by atoms with Crippen molar-refractivity contribution in [2.45, 2.75) is 64.0 Å². The summed E-state index contributed by atoms with van der Waals surface area (Å²) in [7, 11) is 0. The minimum Gasteiger partial charge on any atom is -0.365 e. The molecule has 1 fully saturated rings. The first-order valence-corrected chi connectivity index (χ1v) is 8.21. The molecule has 134 valence electrons. The summed E-state index contributed by atoms with van der Waals surface area (Å²) < 4.78 is 44.6. The average Bonchev–Trinajstić information content (AvgIpc) is 3.04. The Morgan fingerprint density at radius 2 is 2.00 bits per heavy atom. The van der Waals surface area contributed by atoms with Crippen LogP contribution in [0.4, 0.5) is 18.9 Å². The van der Waals surface area contributed by atoms with Gasteiger partial charge in [0.25, 0.3) is 5.91 Å². The number of benzene rings is 1. The normalized spacial score (nSPS) is 17.0. The van der Waals surface area contributed by atoms with E-state index in [0.29, 0.717) is 12.0 Å². The maximum absolute atomic E-state index is 12.9. The Morgan fingerprint density at radius 1 is 1.33 bits per heavy atom. The molecule has 1 aliphatic carbocycles.